The van der Waals surface area contributed by atoms with Crippen LogP contribution in [0.1, 0.15) is 38.9 Å². The number of ether oxygens (including phenoxy) is 1. The van der Waals surface area contributed by atoms with Crippen LogP contribution in [0.4, 0.5) is 4.39 Å². The highest BCUT2D eigenvalue weighted by Gasteiger charge is 2.32. The van der Waals surface area contributed by atoms with Gasteiger partial charge in [-0.25, -0.2) is 4.39 Å². The van der Waals surface area contributed by atoms with Gasteiger partial charge in [-0.05, 0) is 45.4 Å². The molecule has 2 atom stereocenters. The average molecular weight is 330 g/mol. The summed E-state index contributed by atoms with van der Waals surface area (Å²) in [6.45, 7) is 7.96. The van der Waals surface area contributed by atoms with Crippen molar-refractivity contribution in [1.29, 1.82) is 0 Å². The maximum Gasteiger partial charge on any atom is 0.129 e. The summed E-state index contributed by atoms with van der Waals surface area (Å²) in [5.74, 6) is 0.138. The molecule has 1 aromatic carbocycles. The smallest absolute Gasteiger partial charge is 0.129 e. The Kier molecular flexibility index (Phi) is 4.64. The predicted octanol–water partition coefficient (Wildman–Crippen LogP) is 4.05. The monoisotopic (exact) mass is 329 g/mol. The van der Waals surface area contributed by atoms with E-state index in [2.05, 4.69) is 42.0 Å². The largest absolute Gasteiger partial charge is 0.373 e. The molecule has 0 saturated carbocycles. The Labute approximate surface area is 122 Å². The van der Waals surface area contributed by atoms with Crippen molar-refractivity contribution >= 4 is 15.9 Å². The van der Waals surface area contributed by atoms with Crippen molar-refractivity contribution in [2.45, 2.75) is 38.8 Å². The highest BCUT2D eigenvalue weighted by atomic mass is 79.9. The van der Waals surface area contributed by atoms with Crippen LogP contribution in [0.5, 0.6) is 0 Å². The molecule has 0 aromatic heterocycles. The van der Waals surface area contributed by atoms with Crippen LogP contribution in [-0.2, 0) is 4.74 Å². The lowest BCUT2D eigenvalue weighted by atomic mass is 9.94. The van der Waals surface area contributed by atoms with Gasteiger partial charge in [0.05, 0.1) is 6.10 Å². The highest BCUT2D eigenvalue weighted by Crippen LogP contribution is 2.36. The quantitative estimate of drug-likeness (QED) is 0.903. The molecular formula is C15H21BrFNO. The van der Waals surface area contributed by atoms with Gasteiger partial charge in [-0.15, -0.1) is 0 Å². The minimum Gasteiger partial charge on any atom is -0.373 e. The van der Waals surface area contributed by atoms with Crippen LogP contribution >= 0.6 is 15.9 Å². The Hall–Kier alpha value is -0.450. The molecule has 0 spiro atoms. The minimum atomic E-state index is -0.184. The molecule has 1 N–H and O–H groups in total. The van der Waals surface area contributed by atoms with Crippen LogP contribution in [0.3, 0.4) is 0 Å². The molecule has 1 heterocycles. The third-order valence-electron chi connectivity index (χ3n) is 3.37. The fourth-order valence-corrected chi connectivity index (χ4v) is 2.74. The zero-order chi connectivity index (χ0) is 14.0. The van der Waals surface area contributed by atoms with Gasteiger partial charge in [0, 0.05) is 34.6 Å². The Balaban J connectivity index is 2.12. The van der Waals surface area contributed by atoms with Crippen molar-refractivity contribution < 1.29 is 9.13 Å². The van der Waals surface area contributed by atoms with Crippen molar-refractivity contribution in [2.75, 3.05) is 13.2 Å². The molecule has 1 aliphatic heterocycles. The van der Waals surface area contributed by atoms with E-state index in [-0.39, 0.29) is 17.5 Å². The summed E-state index contributed by atoms with van der Waals surface area (Å²) in [5.41, 5.74) is 0.732. The van der Waals surface area contributed by atoms with E-state index < -0.39 is 0 Å². The van der Waals surface area contributed by atoms with Crippen LogP contribution in [0.2, 0.25) is 0 Å². The molecule has 0 radical (unpaired) electrons. The van der Waals surface area contributed by atoms with E-state index in [9.17, 15) is 4.39 Å². The van der Waals surface area contributed by atoms with Gasteiger partial charge in [0.1, 0.15) is 5.82 Å². The van der Waals surface area contributed by atoms with Crippen molar-refractivity contribution in [2.24, 2.45) is 5.92 Å². The van der Waals surface area contributed by atoms with Crippen LogP contribution in [-0.4, -0.2) is 18.7 Å². The summed E-state index contributed by atoms with van der Waals surface area (Å²) in [6, 6.07) is 5.04. The third-order valence-corrected chi connectivity index (χ3v) is 3.87. The highest BCUT2D eigenvalue weighted by molar-refractivity contribution is 9.10. The van der Waals surface area contributed by atoms with Crippen LogP contribution in [0.25, 0.3) is 0 Å². The number of rotatable bonds is 3. The van der Waals surface area contributed by atoms with E-state index in [0.29, 0.717) is 18.1 Å². The Morgan fingerprint density at radius 2 is 2.16 bits per heavy atom. The summed E-state index contributed by atoms with van der Waals surface area (Å²) >= 11 is 3.40. The lowest BCUT2D eigenvalue weighted by Gasteiger charge is -2.26. The maximum absolute atomic E-state index is 13.9. The topological polar surface area (TPSA) is 21.3 Å². The molecule has 4 heteroatoms. The molecule has 1 aromatic rings. The molecule has 2 unspecified atom stereocenters. The van der Waals surface area contributed by atoms with Gasteiger partial charge in [0.2, 0.25) is 0 Å². The Morgan fingerprint density at radius 3 is 2.84 bits per heavy atom. The first-order valence-electron chi connectivity index (χ1n) is 6.68. The molecule has 19 heavy (non-hydrogen) atoms. The summed E-state index contributed by atoms with van der Waals surface area (Å²) in [4.78, 5) is 0. The zero-order valence-electron chi connectivity index (χ0n) is 11.7. The van der Waals surface area contributed by atoms with E-state index in [1.54, 1.807) is 6.07 Å². The van der Waals surface area contributed by atoms with Gasteiger partial charge in [0.25, 0.3) is 0 Å². The van der Waals surface area contributed by atoms with E-state index in [4.69, 9.17) is 4.74 Å². The van der Waals surface area contributed by atoms with Crippen molar-refractivity contribution in [1.82, 2.24) is 5.32 Å². The number of hydrogen-bond donors (Lipinski definition) is 1. The number of benzene rings is 1. The molecule has 2 rings (SSSR count). The summed E-state index contributed by atoms with van der Waals surface area (Å²) in [7, 11) is 0. The van der Waals surface area contributed by atoms with Crippen molar-refractivity contribution in [3.8, 4) is 0 Å². The van der Waals surface area contributed by atoms with E-state index in [0.717, 1.165) is 17.4 Å². The Morgan fingerprint density at radius 1 is 1.42 bits per heavy atom. The maximum atomic E-state index is 13.9. The number of halogens is 2. The molecule has 0 bridgehead atoms. The predicted molar refractivity (Wildman–Crippen MR) is 78.7 cm³/mol. The van der Waals surface area contributed by atoms with Gasteiger partial charge in [-0.3, -0.25) is 0 Å². The standard InChI is InChI=1S/C15H21BrFNO/c1-15(2,3)18-9-10-6-7-19-14(10)12-8-11(16)4-5-13(12)17/h4-5,8,10,14,18H,6-7,9H2,1-3H3. The summed E-state index contributed by atoms with van der Waals surface area (Å²) in [5, 5.41) is 3.48. The van der Waals surface area contributed by atoms with Crippen molar-refractivity contribution in [3.63, 3.8) is 0 Å². The number of hydrogen-bond acceptors (Lipinski definition) is 2. The van der Waals surface area contributed by atoms with Gasteiger partial charge < -0.3 is 10.1 Å². The second kappa shape index (κ2) is 5.90. The van der Waals surface area contributed by atoms with Crippen LogP contribution in [0, 0.1) is 11.7 Å². The van der Waals surface area contributed by atoms with E-state index in [1.165, 1.54) is 6.07 Å². The summed E-state index contributed by atoms with van der Waals surface area (Å²) in [6.07, 6.45) is 0.826. The third kappa shape index (κ3) is 4.01. The molecule has 0 amide bonds. The molecule has 1 aliphatic rings. The average Bonchev–Trinajstić information content (AvgIpc) is 2.77. The van der Waals surface area contributed by atoms with Crippen molar-refractivity contribution in [3.05, 3.63) is 34.1 Å². The van der Waals surface area contributed by atoms with Gasteiger partial charge in [-0.2, -0.15) is 0 Å². The molecule has 0 aliphatic carbocycles. The second-order valence-electron chi connectivity index (χ2n) is 6.14. The fraction of sp³-hybridized carbons (Fsp3) is 0.600. The lowest BCUT2D eigenvalue weighted by Crippen LogP contribution is -2.39. The minimum absolute atomic E-state index is 0.0724. The van der Waals surface area contributed by atoms with Gasteiger partial charge >= 0.3 is 0 Å². The SMILES string of the molecule is CC(C)(C)NCC1CCOC1c1cc(Br)ccc1F. The molecule has 2 nitrogen and oxygen atoms in total. The lowest BCUT2D eigenvalue weighted by molar-refractivity contribution is 0.0859. The zero-order valence-corrected chi connectivity index (χ0v) is 13.3. The molecule has 106 valence electrons. The van der Waals surface area contributed by atoms with Gasteiger partial charge in [0.15, 0.2) is 0 Å². The first-order valence-corrected chi connectivity index (χ1v) is 7.48. The second-order valence-corrected chi connectivity index (χ2v) is 7.05. The molecule has 1 saturated heterocycles. The van der Waals surface area contributed by atoms with Crippen LogP contribution < -0.4 is 5.32 Å². The van der Waals surface area contributed by atoms with E-state index in [1.807, 2.05) is 6.07 Å². The normalized spacial score (nSPS) is 23.8. The molecular weight excluding hydrogens is 309 g/mol. The Bertz CT molecular complexity index is 444. The van der Waals surface area contributed by atoms with Gasteiger partial charge in [-0.1, -0.05) is 15.9 Å². The van der Waals surface area contributed by atoms with Crippen LogP contribution in [0.15, 0.2) is 22.7 Å². The number of nitrogens with one attached hydrogen (secondary N) is 1. The first kappa shape index (κ1) is 14.9. The first-order chi connectivity index (χ1) is 8.87. The summed E-state index contributed by atoms with van der Waals surface area (Å²) < 4.78 is 20.6. The van der Waals surface area contributed by atoms with E-state index >= 15 is 0 Å². The molecule has 1 fully saturated rings. The fourth-order valence-electron chi connectivity index (χ4n) is 2.36.